The van der Waals surface area contributed by atoms with Crippen LogP contribution in [0.4, 0.5) is 17.1 Å². The zero-order valence-electron chi connectivity index (χ0n) is 29.8. The average Bonchev–Trinajstić information content (AvgIpc) is 3.83. The second-order valence-electron chi connectivity index (χ2n) is 14.0. The minimum atomic E-state index is 1.11. The van der Waals surface area contributed by atoms with Crippen molar-refractivity contribution in [2.45, 2.75) is 0 Å². The molecule has 0 radical (unpaired) electrons. The van der Waals surface area contributed by atoms with Gasteiger partial charge in [0.15, 0.2) is 0 Å². The maximum atomic E-state index is 2.46. The molecule has 0 saturated carbocycles. The molecule has 0 unspecified atom stereocenters. The first-order valence-corrected chi connectivity index (χ1v) is 20.3. The number of hydrogen-bond donors (Lipinski definition) is 0. The Bertz CT molecular complexity index is 3230. The second kappa shape index (κ2) is 13.1. The largest absolute Gasteiger partial charge is 0.310 e. The quantitative estimate of drug-likeness (QED) is 0.164. The summed E-state index contributed by atoms with van der Waals surface area (Å²) in [6.07, 6.45) is 0. The predicted molar refractivity (Wildman–Crippen MR) is 241 cm³/mol. The van der Waals surface area contributed by atoms with Crippen molar-refractivity contribution < 1.29 is 0 Å². The molecule has 0 N–H and O–H groups in total. The third kappa shape index (κ3) is 5.35. The van der Waals surface area contributed by atoms with Crippen LogP contribution in [0.5, 0.6) is 0 Å². The van der Waals surface area contributed by atoms with Crippen LogP contribution in [0.15, 0.2) is 200 Å². The predicted octanol–water partition coefficient (Wildman–Crippen LogP) is 16.0. The molecule has 9 aromatic carbocycles. The first-order chi connectivity index (χ1) is 27.3. The van der Waals surface area contributed by atoms with Gasteiger partial charge in [-0.25, -0.2) is 0 Å². The molecule has 3 heteroatoms. The molecule has 1 nitrogen and oxygen atoms in total. The zero-order chi connectivity index (χ0) is 36.3. The minimum Gasteiger partial charge on any atom is -0.310 e. The minimum absolute atomic E-state index is 1.11. The highest BCUT2D eigenvalue weighted by Gasteiger charge is 2.21. The van der Waals surface area contributed by atoms with Gasteiger partial charge in [-0.15, -0.1) is 22.7 Å². The average molecular weight is 736 g/mol. The van der Waals surface area contributed by atoms with Crippen LogP contribution in [-0.2, 0) is 0 Å². The summed E-state index contributed by atoms with van der Waals surface area (Å²) in [6, 6.07) is 73.5. The van der Waals surface area contributed by atoms with Crippen LogP contribution in [0, 0.1) is 0 Å². The van der Waals surface area contributed by atoms with E-state index >= 15 is 0 Å². The van der Waals surface area contributed by atoms with E-state index in [0.29, 0.717) is 0 Å². The molecule has 2 heterocycles. The van der Waals surface area contributed by atoms with Crippen molar-refractivity contribution in [1.82, 2.24) is 0 Å². The van der Waals surface area contributed by atoms with E-state index in [1.807, 2.05) is 22.7 Å². The Kier molecular flexibility index (Phi) is 7.61. The monoisotopic (exact) mass is 735 g/mol. The number of fused-ring (bicyclic) bond motifs is 7. The first kappa shape index (κ1) is 32.0. The molecule has 0 fully saturated rings. The molecular formula is C52H33NS2. The van der Waals surface area contributed by atoms with Gasteiger partial charge >= 0.3 is 0 Å². The van der Waals surface area contributed by atoms with Crippen LogP contribution in [-0.4, -0.2) is 0 Å². The molecule has 2 aromatic heterocycles. The smallest absolute Gasteiger partial charge is 0.0540 e. The van der Waals surface area contributed by atoms with E-state index in [9.17, 15) is 0 Å². The second-order valence-corrected chi connectivity index (χ2v) is 16.2. The van der Waals surface area contributed by atoms with E-state index in [1.54, 1.807) is 0 Å². The number of rotatable bonds is 6. The molecule has 258 valence electrons. The lowest BCUT2D eigenvalue weighted by atomic mass is 9.96. The Morgan fingerprint density at radius 2 is 0.855 bits per heavy atom. The van der Waals surface area contributed by atoms with E-state index in [4.69, 9.17) is 0 Å². The molecule has 0 spiro atoms. The molecule has 11 aromatic rings. The fourth-order valence-corrected chi connectivity index (χ4v) is 10.8. The van der Waals surface area contributed by atoms with Gasteiger partial charge in [0, 0.05) is 62.8 Å². The molecule has 0 saturated heterocycles. The maximum absolute atomic E-state index is 2.46. The van der Waals surface area contributed by atoms with Crippen LogP contribution >= 0.6 is 22.7 Å². The summed E-state index contributed by atoms with van der Waals surface area (Å²) in [7, 11) is 0. The van der Waals surface area contributed by atoms with Crippen LogP contribution < -0.4 is 4.90 Å². The van der Waals surface area contributed by atoms with Gasteiger partial charge < -0.3 is 4.90 Å². The van der Waals surface area contributed by atoms with E-state index in [-0.39, 0.29) is 0 Å². The number of anilines is 3. The van der Waals surface area contributed by atoms with Crippen molar-refractivity contribution in [2.24, 2.45) is 0 Å². The van der Waals surface area contributed by atoms with Crippen molar-refractivity contribution in [3.8, 4) is 33.4 Å². The molecule has 55 heavy (non-hydrogen) atoms. The van der Waals surface area contributed by atoms with E-state index in [0.717, 1.165) is 17.1 Å². The third-order valence-corrected chi connectivity index (χ3v) is 13.2. The molecular weight excluding hydrogens is 703 g/mol. The van der Waals surface area contributed by atoms with E-state index in [1.165, 1.54) is 84.5 Å². The van der Waals surface area contributed by atoms with Gasteiger partial charge in [-0.2, -0.15) is 0 Å². The van der Waals surface area contributed by atoms with Gasteiger partial charge in [0.05, 0.1) is 5.69 Å². The highest BCUT2D eigenvalue weighted by atomic mass is 32.1. The summed E-state index contributed by atoms with van der Waals surface area (Å²) in [5, 5.41) is 7.74. The highest BCUT2D eigenvalue weighted by molar-refractivity contribution is 7.26. The van der Waals surface area contributed by atoms with Crippen LogP contribution in [0.25, 0.3) is 84.5 Å². The van der Waals surface area contributed by atoms with E-state index in [2.05, 4.69) is 205 Å². The molecule has 0 amide bonds. The van der Waals surface area contributed by atoms with Crippen molar-refractivity contribution in [3.05, 3.63) is 200 Å². The Labute approximate surface area is 327 Å². The summed E-state index contributed by atoms with van der Waals surface area (Å²) in [6.45, 7) is 0. The lowest BCUT2D eigenvalue weighted by Gasteiger charge is -2.29. The van der Waals surface area contributed by atoms with Gasteiger partial charge in [-0.1, -0.05) is 152 Å². The molecule has 0 bridgehead atoms. The summed E-state index contributed by atoms with van der Waals surface area (Å²) in [5.74, 6) is 0. The molecule has 0 aliphatic heterocycles. The third-order valence-electron chi connectivity index (χ3n) is 10.9. The lowest BCUT2D eigenvalue weighted by molar-refractivity contribution is 1.29. The summed E-state index contributed by atoms with van der Waals surface area (Å²) in [5.41, 5.74) is 10.7. The van der Waals surface area contributed by atoms with Crippen LogP contribution in [0.2, 0.25) is 0 Å². The fourth-order valence-electron chi connectivity index (χ4n) is 8.40. The van der Waals surface area contributed by atoms with Gasteiger partial charge in [0.25, 0.3) is 0 Å². The number of thiophene rings is 2. The van der Waals surface area contributed by atoms with Crippen molar-refractivity contribution in [1.29, 1.82) is 0 Å². The van der Waals surface area contributed by atoms with Gasteiger partial charge in [0.2, 0.25) is 0 Å². The van der Waals surface area contributed by atoms with Gasteiger partial charge in [-0.3, -0.25) is 0 Å². The molecule has 0 atom stereocenters. The number of benzene rings is 9. The summed E-state index contributed by atoms with van der Waals surface area (Å²) >= 11 is 3.75. The summed E-state index contributed by atoms with van der Waals surface area (Å²) in [4.78, 5) is 2.46. The zero-order valence-corrected chi connectivity index (χ0v) is 31.4. The van der Waals surface area contributed by atoms with Crippen molar-refractivity contribution >= 4 is 90.9 Å². The lowest BCUT2D eigenvalue weighted by Crippen LogP contribution is -2.11. The maximum Gasteiger partial charge on any atom is 0.0540 e. The molecule has 0 aliphatic rings. The highest BCUT2D eigenvalue weighted by Crippen LogP contribution is 2.48. The van der Waals surface area contributed by atoms with Crippen LogP contribution in [0.3, 0.4) is 0 Å². The molecule has 11 rings (SSSR count). The Balaban J connectivity index is 1.15. The summed E-state index contributed by atoms with van der Waals surface area (Å²) < 4.78 is 5.25. The number of hydrogen-bond acceptors (Lipinski definition) is 3. The number of para-hydroxylation sites is 1. The topological polar surface area (TPSA) is 3.24 Å². The van der Waals surface area contributed by atoms with Gasteiger partial charge in [-0.05, 0) is 81.6 Å². The normalized spacial score (nSPS) is 11.6. The Morgan fingerprint density at radius 1 is 0.327 bits per heavy atom. The Hall–Kier alpha value is -6.52. The van der Waals surface area contributed by atoms with Crippen LogP contribution in [0.1, 0.15) is 0 Å². The standard InChI is InChI=1S/C52H33NS2/c1-2-20-39-34(14-1)15-11-24-40(39)35-16-9-18-37(32-35)53(38-19-10-17-36(33-38)41-25-13-31-50-51(41)46-23-5-8-30-49(46)54-50)47-28-6-3-21-42(47)44-26-12-27-45-43-22-4-7-29-48(43)55-52(44)45/h1-33H. The van der Waals surface area contributed by atoms with Crippen molar-refractivity contribution in [2.75, 3.05) is 4.90 Å². The molecule has 0 aliphatic carbocycles. The van der Waals surface area contributed by atoms with Crippen molar-refractivity contribution in [3.63, 3.8) is 0 Å². The fraction of sp³-hybridized carbons (Fsp3) is 0. The van der Waals surface area contributed by atoms with E-state index < -0.39 is 0 Å². The number of nitrogens with zero attached hydrogens (tertiary/aromatic N) is 1. The Morgan fingerprint density at radius 3 is 1.69 bits per heavy atom. The first-order valence-electron chi connectivity index (χ1n) is 18.7. The van der Waals surface area contributed by atoms with Gasteiger partial charge in [0.1, 0.15) is 0 Å². The SMILES string of the molecule is c1cc(-c2cccc3ccccc23)cc(N(c2cccc(-c3cccc4sc5ccccc5c34)c2)c2ccccc2-c2cccc3c2sc2ccccc23)c1.